The van der Waals surface area contributed by atoms with Crippen LogP contribution in [-0.4, -0.2) is 17.0 Å². The standard InChI is InChI=1S/C20H30O2/c1-18-10-11-20(3)16(15(18)6-7-17(18)22)5-4-13-12-14(21)8-9-19(13,20)2/h8-9,13-16,21H,4-7,10-12H2,1-3H3/t13?,14-,15-,16-,18-,19-,20-/m0/s1. The van der Waals surface area contributed by atoms with Gasteiger partial charge in [0.1, 0.15) is 5.78 Å². The largest absolute Gasteiger partial charge is 0.389 e. The normalized spacial score (nSPS) is 57.2. The summed E-state index contributed by atoms with van der Waals surface area (Å²) < 4.78 is 0. The number of rotatable bonds is 0. The molecule has 4 aliphatic carbocycles. The third-order valence-corrected chi connectivity index (χ3v) is 8.70. The molecule has 1 unspecified atom stereocenters. The summed E-state index contributed by atoms with van der Waals surface area (Å²) in [5.41, 5.74) is 0.453. The lowest BCUT2D eigenvalue weighted by Crippen LogP contribution is -2.58. The molecule has 0 radical (unpaired) electrons. The van der Waals surface area contributed by atoms with Crippen molar-refractivity contribution in [1.82, 2.24) is 0 Å². The van der Waals surface area contributed by atoms with Crippen molar-refractivity contribution in [3.8, 4) is 0 Å². The zero-order valence-corrected chi connectivity index (χ0v) is 14.3. The van der Waals surface area contributed by atoms with Gasteiger partial charge in [0.15, 0.2) is 0 Å². The fourth-order valence-corrected chi connectivity index (χ4v) is 6.92. The summed E-state index contributed by atoms with van der Waals surface area (Å²) >= 11 is 0. The van der Waals surface area contributed by atoms with Crippen LogP contribution in [-0.2, 0) is 4.79 Å². The van der Waals surface area contributed by atoms with Crippen molar-refractivity contribution < 1.29 is 9.90 Å². The molecule has 0 amide bonds. The average Bonchev–Trinajstić information content (AvgIpc) is 2.77. The van der Waals surface area contributed by atoms with Gasteiger partial charge in [-0.25, -0.2) is 0 Å². The van der Waals surface area contributed by atoms with Crippen molar-refractivity contribution in [3.63, 3.8) is 0 Å². The minimum Gasteiger partial charge on any atom is -0.389 e. The van der Waals surface area contributed by atoms with Crippen molar-refractivity contribution in [2.45, 2.75) is 71.8 Å². The number of hydrogen-bond acceptors (Lipinski definition) is 2. The van der Waals surface area contributed by atoms with Crippen molar-refractivity contribution >= 4 is 5.78 Å². The van der Waals surface area contributed by atoms with Crippen LogP contribution in [0, 0.1) is 34.0 Å². The third kappa shape index (κ3) is 1.63. The maximum Gasteiger partial charge on any atom is 0.139 e. The zero-order chi connectivity index (χ0) is 15.8. The molecule has 0 spiro atoms. The minimum atomic E-state index is -0.250. The maximum atomic E-state index is 12.5. The molecule has 1 N–H and O–H groups in total. The first-order valence-electron chi connectivity index (χ1n) is 9.22. The molecule has 0 heterocycles. The topological polar surface area (TPSA) is 37.3 Å². The summed E-state index contributed by atoms with van der Waals surface area (Å²) in [7, 11) is 0. The number of carbonyl (C=O) groups excluding carboxylic acids is 1. The number of allylic oxidation sites excluding steroid dienone is 1. The Balaban J connectivity index is 1.75. The smallest absolute Gasteiger partial charge is 0.139 e. The lowest BCUT2D eigenvalue weighted by atomic mass is 9.40. The molecule has 0 aromatic rings. The van der Waals surface area contributed by atoms with E-state index < -0.39 is 0 Å². The number of aliphatic hydroxyl groups excluding tert-OH is 1. The Morgan fingerprint density at radius 1 is 1.09 bits per heavy atom. The molecule has 2 nitrogen and oxygen atoms in total. The van der Waals surface area contributed by atoms with Crippen molar-refractivity contribution in [3.05, 3.63) is 12.2 Å². The van der Waals surface area contributed by atoms with Gasteiger partial charge in [0, 0.05) is 11.8 Å². The van der Waals surface area contributed by atoms with E-state index in [1.165, 1.54) is 19.3 Å². The number of aliphatic hydroxyl groups is 1. The predicted molar refractivity (Wildman–Crippen MR) is 87.3 cm³/mol. The first-order chi connectivity index (χ1) is 10.3. The molecule has 4 rings (SSSR count). The van der Waals surface area contributed by atoms with Crippen LogP contribution in [0.4, 0.5) is 0 Å². The van der Waals surface area contributed by atoms with Gasteiger partial charge in [-0.3, -0.25) is 4.79 Å². The molecule has 0 aliphatic heterocycles. The Labute approximate surface area is 134 Å². The summed E-state index contributed by atoms with van der Waals surface area (Å²) in [4.78, 5) is 12.5. The SMILES string of the molecule is C[C@]12C=C[C@H](O)CC1CC[C@H]1[C@@H]3CCC(=O)[C@@]3(C)CC[C@@]12C. The van der Waals surface area contributed by atoms with Gasteiger partial charge < -0.3 is 5.11 Å². The lowest BCUT2D eigenvalue weighted by molar-refractivity contribution is -0.154. The van der Waals surface area contributed by atoms with Crippen LogP contribution < -0.4 is 0 Å². The van der Waals surface area contributed by atoms with E-state index in [1.54, 1.807) is 0 Å². The van der Waals surface area contributed by atoms with Crippen LogP contribution in [0.25, 0.3) is 0 Å². The lowest BCUT2D eigenvalue weighted by Gasteiger charge is -2.64. The second kappa shape index (κ2) is 4.47. The molecular weight excluding hydrogens is 272 g/mol. The summed E-state index contributed by atoms with van der Waals surface area (Å²) in [6.07, 6.45) is 11.7. The van der Waals surface area contributed by atoms with Crippen LogP contribution in [0.15, 0.2) is 12.2 Å². The van der Waals surface area contributed by atoms with E-state index in [9.17, 15) is 9.90 Å². The van der Waals surface area contributed by atoms with Crippen LogP contribution >= 0.6 is 0 Å². The Morgan fingerprint density at radius 3 is 2.64 bits per heavy atom. The van der Waals surface area contributed by atoms with Crippen molar-refractivity contribution in [2.75, 3.05) is 0 Å². The first kappa shape index (κ1) is 14.9. The summed E-state index contributed by atoms with van der Waals surface area (Å²) in [6, 6.07) is 0. The molecule has 2 heteroatoms. The molecule has 122 valence electrons. The maximum absolute atomic E-state index is 12.5. The van der Waals surface area contributed by atoms with E-state index in [0.29, 0.717) is 29.0 Å². The van der Waals surface area contributed by atoms with Gasteiger partial charge in [-0.1, -0.05) is 32.9 Å². The number of Topliss-reactive ketones (excluding diaryl/α,β-unsaturated/α-hetero) is 1. The predicted octanol–water partition coefficient (Wildman–Crippen LogP) is 4.13. The highest BCUT2D eigenvalue weighted by Crippen LogP contribution is 2.70. The Bertz CT molecular complexity index is 538. The molecule has 0 aromatic heterocycles. The van der Waals surface area contributed by atoms with E-state index in [4.69, 9.17) is 0 Å². The van der Waals surface area contributed by atoms with Gasteiger partial charge in [-0.15, -0.1) is 0 Å². The number of ketones is 1. The number of carbonyl (C=O) groups is 1. The molecular formula is C20H30O2. The highest BCUT2D eigenvalue weighted by atomic mass is 16.3. The molecule has 3 fully saturated rings. The first-order valence-corrected chi connectivity index (χ1v) is 9.22. The van der Waals surface area contributed by atoms with E-state index in [0.717, 1.165) is 25.7 Å². The average molecular weight is 302 g/mol. The van der Waals surface area contributed by atoms with Gasteiger partial charge in [-0.05, 0) is 67.1 Å². The summed E-state index contributed by atoms with van der Waals surface area (Å²) in [6.45, 7) is 7.18. The van der Waals surface area contributed by atoms with Gasteiger partial charge in [0.25, 0.3) is 0 Å². The van der Waals surface area contributed by atoms with Crippen LogP contribution in [0.5, 0.6) is 0 Å². The molecule has 22 heavy (non-hydrogen) atoms. The third-order valence-electron chi connectivity index (χ3n) is 8.70. The second-order valence-corrected chi connectivity index (χ2v) is 9.23. The van der Waals surface area contributed by atoms with E-state index in [-0.39, 0.29) is 16.9 Å². The fraction of sp³-hybridized carbons (Fsp3) is 0.850. The van der Waals surface area contributed by atoms with Crippen molar-refractivity contribution in [1.29, 1.82) is 0 Å². The van der Waals surface area contributed by atoms with Gasteiger partial charge in [0.2, 0.25) is 0 Å². The van der Waals surface area contributed by atoms with Crippen LogP contribution in [0.2, 0.25) is 0 Å². The van der Waals surface area contributed by atoms with E-state index in [1.807, 2.05) is 6.08 Å². The molecule has 0 bridgehead atoms. The van der Waals surface area contributed by atoms with E-state index >= 15 is 0 Å². The summed E-state index contributed by atoms with van der Waals surface area (Å²) in [5.74, 6) is 2.41. The molecule has 7 atom stereocenters. The quantitative estimate of drug-likeness (QED) is 0.683. The van der Waals surface area contributed by atoms with Crippen LogP contribution in [0.1, 0.15) is 65.7 Å². The number of hydrogen-bond donors (Lipinski definition) is 1. The second-order valence-electron chi connectivity index (χ2n) is 9.23. The minimum absolute atomic E-state index is 0.0364. The van der Waals surface area contributed by atoms with Crippen molar-refractivity contribution in [2.24, 2.45) is 34.0 Å². The van der Waals surface area contributed by atoms with E-state index in [2.05, 4.69) is 26.8 Å². The Kier molecular flexibility index (Phi) is 3.03. The zero-order valence-electron chi connectivity index (χ0n) is 14.3. The van der Waals surface area contributed by atoms with Crippen LogP contribution in [0.3, 0.4) is 0 Å². The fourth-order valence-electron chi connectivity index (χ4n) is 6.92. The monoisotopic (exact) mass is 302 g/mol. The van der Waals surface area contributed by atoms with Gasteiger partial charge in [-0.2, -0.15) is 0 Å². The molecule has 4 aliphatic rings. The highest BCUT2D eigenvalue weighted by molar-refractivity contribution is 5.87. The van der Waals surface area contributed by atoms with Gasteiger partial charge in [0.05, 0.1) is 6.10 Å². The van der Waals surface area contributed by atoms with Gasteiger partial charge >= 0.3 is 0 Å². The summed E-state index contributed by atoms with van der Waals surface area (Å²) in [5, 5.41) is 10.0. The molecule has 3 saturated carbocycles. The molecule has 0 saturated heterocycles. The Morgan fingerprint density at radius 2 is 1.86 bits per heavy atom. The highest BCUT2D eigenvalue weighted by Gasteiger charge is 2.64. The molecule has 0 aromatic carbocycles. The number of fused-ring (bicyclic) bond motifs is 5. The Hall–Kier alpha value is -0.630.